The molecule has 2 aromatic heterocycles. The summed E-state index contributed by atoms with van der Waals surface area (Å²) in [4.78, 5) is 24.8. The van der Waals surface area contributed by atoms with E-state index in [0.29, 0.717) is 18.7 Å². The molecule has 0 aliphatic heterocycles. The van der Waals surface area contributed by atoms with E-state index in [4.69, 9.17) is 4.74 Å². The van der Waals surface area contributed by atoms with E-state index in [1.807, 2.05) is 24.3 Å². The van der Waals surface area contributed by atoms with Gasteiger partial charge in [0.25, 0.3) is 5.56 Å². The molecule has 0 fully saturated rings. The average molecular weight is 354 g/mol. The molecule has 0 aliphatic rings. The molecular formula is C19H22N4O3. The molecule has 7 nitrogen and oxygen atoms in total. The Kier molecular flexibility index (Phi) is 5.36. The van der Waals surface area contributed by atoms with E-state index in [1.54, 1.807) is 29.7 Å². The summed E-state index contributed by atoms with van der Waals surface area (Å²) >= 11 is 0. The van der Waals surface area contributed by atoms with Crippen molar-refractivity contribution in [2.75, 3.05) is 6.61 Å². The topological polar surface area (TPSA) is 77.6 Å². The van der Waals surface area contributed by atoms with Crippen molar-refractivity contribution in [2.45, 2.75) is 32.9 Å². The first kappa shape index (κ1) is 17.7. The zero-order valence-electron chi connectivity index (χ0n) is 14.9. The molecule has 1 amide bonds. The highest BCUT2D eigenvalue weighted by Gasteiger charge is 2.18. The van der Waals surface area contributed by atoms with E-state index in [-0.39, 0.29) is 11.5 Å². The maximum atomic E-state index is 12.4. The van der Waals surface area contributed by atoms with Gasteiger partial charge in [-0.1, -0.05) is 19.1 Å². The Hall–Kier alpha value is -3.09. The second-order valence-electron chi connectivity index (χ2n) is 6.07. The standard InChI is InChI=1S/C19H22N4O3/c1-3-11-26-16-8-6-15(7-9-16)12-20-18(24)14(2)23-19(25)17-5-4-10-22(17)13-21-23/h4-10,13-14H,3,11-12H2,1-2H3,(H,20,24)/t14-/m0/s1. The van der Waals surface area contributed by atoms with Gasteiger partial charge < -0.3 is 14.5 Å². The summed E-state index contributed by atoms with van der Waals surface area (Å²) in [6, 6.07) is 10.4. The van der Waals surface area contributed by atoms with E-state index in [9.17, 15) is 9.59 Å². The van der Waals surface area contributed by atoms with Crippen LogP contribution in [0.3, 0.4) is 0 Å². The van der Waals surface area contributed by atoms with Crippen LogP contribution in [0.5, 0.6) is 5.75 Å². The number of rotatable bonds is 7. The number of carbonyl (C=O) groups is 1. The molecule has 136 valence electrons. The van der Waals surface area contributed by atoms with E-state index >= 15 is 0 Å². The Balaban J connectivity index is 1.63. The highest BCUT2D eigenvalue weighted by molar-refractivity contribution is 5.79. The van der Waals surface area contributed by atoms with Crippen molar-refractivity contribution in [3.63, 3.8) is 0 Å². The SMILES string of the molecule is CCCOc1ccc(CNC(=O)[C@H](C)n2ncn3cccc3c2=O)cc1. The number of hydrogen-bond acceptors (Lipinski definition) is 4. The number of ether oxygens (including phenoxy) is 1. The van der Waals surface area contributed by atoms with Gasteiger partial charge in [0, 0.05) is 12.7 Å². The first-order valence-corrected chi connectivity index (χ1v) is 8.64. The van der Waals surface area contributed by atoms with Gasteiger partial charge in [-0.25, -0.2) is 4.68 Å². The largest absolute Gasteiger partial charge is 0.494 e. The van der Waals surface area contributed by atoms with Gasteiger partial charge in [0.2, 0.25) is 5.91 Å². The lowest BCUT2D eigenvalue weighted by molar-refractivity contribution is -0.124. The number of fused-ring (bicyclic) bond motifs is 1. The van der Waals surface area contributed by atoms with Crippen LogP contribution in [0.15, 0.2) is 53.7 Å². The number of nitrogens with one attached hydrogen (secondary N) is 1. The molecule has 2 heterocycles. The van der Waals surface area contributed by atoms with Gasteiger partial charge in [0.1, 0.15) is 23.6 Å². The summed E-state index contributed by atoms with van der Waals surface area (Å²) in [7, 11) is 0. The Morgan fingerprint density at radius 1 is 1.27 bits per heavy atom. The molecule has 3 aromatic rings. The second kappa shape index (κ2) is 7.86. The molecule has 0 saturated carbocycles. The molecule has 1 atom stereocenters. The van der Waals surface area contributed by atoms with Crippen molar-refractivity contribution in [1.29, 1.82) is 0 Å². The minimum absolute atomic E-state index is 0.262. The highest BCUT2D eigenvalue weighted by atomic mass is 16.5. The van der Waals surface area contributed by atoms with Crippen LogP contribution in [0.4, 0.5) is 0 Å². The third-order valence-corrected chi connectivity index (χ3v) is 4.12. The van der Waals surface area contributed by atoms with Gasteiger partial charge in [-0.2, -0.15) is 5.10 Å². The third kappa shape index (κ3) is 3.77. The number of aromatic nitrogens is 3. The van der Waals surface area contributed by atoms with Crippen molar-refractivity contribution < 1.29 is 9.53 Å². The van der Waals surface area contributed by atoms with Gasteiger partial charge in [0.05, 0.1) is 6.61 Å². The Morgan fingerprint density at radius 3 is 2.77 bits per heavy atom. The van der Waals surface area contributed by atoms with Crippen molar-refractivity contribution in [3.8, 4) is 5.75 Å². The summed E-state index contributed by atoms with van der Waals surface area (Å²) in [5.74, 6) is 0.549. The minimum Gasteiger partial charge on any atom is -0.494 e. The van der Waals surface area contributed by atoms with Gasteiger partial charge in [-0.3, -0.25) is 9.59 Å². The second-order valence-corrected chi connectivity index (χ2v) is 6.07. The van der Waals surface area contributed by atoms with Crippen LogP contribution in [-0.4, -0.2) is 26.7 Å². The normalized spacial score (nSPS) is 12.1. The van der Waals surface area contributed by atoms with Crippen LogP contribution in [0.1, 0.15) is 31.9 Å². The third-order valence-electron chi connectivity index (χ3n) is 4.12. The van der Waals surface area contributed by atoms with Gasteiger partial charge in [0.15, 0.2) is 0 Å². The maximum absolute atomic E-state index is 12.4. The van der Waals surface area contributed by atoms with E-state index < -0.39 is 6.04 Å². The fraction of sp³-hybridized carbons (Fsp3) is 0.316. The first-order chi connectivity index (χ1) is 12.6. The van der Waals surface area contributed by atoms with E-state index in [2.05, 4.69) is 17.3 Å². The van der Waals surface area contributed by atoms with Gasteiger partial charge >= 0.3 is 0 Å². The number of carbonyl (C=O) groups excluding carboxylic acids is 1. The Bertz CT molecular complexity index is 943. The molecule has 0 saturated heterocycles. The molecule has 0 bridgehead atoms. The van der Waals surface area contributed by atoms with Crippen LogP contribution >= 0.6 is 0 Å². The fourth-order valence-corrected chi connectivity index (χ4v) is 2.60. The molecule has 0 spiro atoms. The number of amides is 1. The lowest BCUT2D eigenvalue weighted by Gasteiger charge is -2.14. The van der Waals surface area contributed by atoms with E-state index in [0.717, 1.165) is 17.7 Å². The molecule has 7 heteroatoms. The highest BCUT2D eigenvalue weighted by Crippen LogP contribution is 2.12. The predicted molar refractivity (Wildman–Crippen MR) is 98.2 cm³/mol. The smallest absolute Gasteiger partial charge is 0.291 e. The molecule has 26 heavy (non-hydrogen) atoms. The van der Waals surface area contributed by atoms with E-state index in [1.165, 1.54) is 11.0 Å². The van der Waals surface area contributed by atoms with Crippen LogP contribution in [0.25, 0.3) is 5.52 Å². The Labute approximate surface area is 151 Å². The summed E-state index contributed by atoms with van der Waals surface area (Å²) in [5.41, 5.74) is 1.15. The lowest BCUT2D eigenvalue weighted by Crippen LogP contribution is -2.37. The zero-order chi connectivity index (χ0) is 18.5. The van der Waals surface area contributed by atoms with Gasteiger partial charge in [-0.05, 0) is 43.2 Å². The average Bonchev–Trinajstić information content (AvgIpc) is 3.15. The number of hydrogen-bond donors (Lipinski definition) is 1. The summed E-state index contributed by atoms with van der Waals surface area (Å²) < 4.78 is 8.37. The lowest BCUT2D eigenvalue weighted by atomic mass is 10.2. The quantitative estimate of drug-likeness (QED) is 0.705. The van der Waals surface area contributed by atoms with Gasteiger partial charge in [-0.15, -0.1) is 0 Å². The summed E-state index contributed by atoms with van der Waals surface area (Å²) in [6.45, 7) is 4.77. The number of benzene rings is 1. The predicted octanol–water partition coefficient (Wildman–Crippen LogP) is 2.16. The van der Waals surface area contributed by atoms with Crippen molar-refractivity contribution >= 4 is 11.4 Å². The van der Waals surface area contributed by atoms with Crippen LogP contribution in [0, 0.1) is 0 Å². The van der Waals surface area contributed by atoms with Crippen molar-refractivity contribution in [1.82, 2.24) is 19.5 Å². The molecule has 1 aromatic carbocycles. The maximum Gasteiger partial charge on any atom is 0.291 e. The van der Waals surface area contributed by atoms with Crippen LogP contribution < -0.4 is 15.6 Å². The van der Waals surface area contributed by atoms with Crippen molar-refractivity contribution in [3.05, 3.63) is 64.8 Å². The molecule has 3 rings (SSSR count). The summed E-state index contributed by atoms with van der Waals surface area (Å²) in [5, 5.41) is 6.93. The zero-order valence-corrected chi connectivity index (χ0v) is 14.9. The molecule has 0 radical (unpaired) electrons. The molecular weight excluding hydrogens is 332 g/mol. The molecule has 0 unspecified atom stereocenters. The minimum atomic E-state index is -0.699. The molecule has 1 N–H and O–H groups in total. The van der Waals surface area contributed by atoms with Crippen molar-refractivity contribution in [2.24, 2.45) is 0 Å². The van der Waals surface area contributed by atoms with Crippen LogP contribution in [-0.2, 0) is 11.3 Å². The van der Waals surface area contributed by atoms with Crippen LogP contribution in [0.2, 0.25) is 0 Å². The monoisotopic (exact) mass is 354 g/mol. The Morgan fingerprint density at radius 2 is 2.04 bits per heavy atom. The fourth-order valence-electron chi connectivity index (χ4n) is 2.60. The first-order valence-electron chi connectivity index (χ1n) is 8.64. The number of nitrogens with zero attached hydrogens (tertiary/aromatic N) is 3. The summed E-state index contributed by atoms with van der Waals surface area (Å²) in [6.07, 6.45) is 4.22. The molecule has 0 aliphatic carbocycles.